The van der Waals surface area contributed by atoms with Crippen LogP contribution < -0.4 is 5.32 Å². The highest BCUT2D eigenvalue weighted by molar-refractivity contribution is 9.10. The highest BCUT2D eigenvalue weighted by atomic mass is 79.9. The first kappa shape index (κ1) is 13.3. The van der Waals surface area contributed by atoms with Gasteiger partial charge in [0.05, 0.1) is 13.0 Å². The molecular formula is C11H13BrClNO2. The number of hydrogen-bond donors (Lipinski definition) is 1. The first-order valence-corrected chi connectivity index (χ1v) is 5.98. The molecule has 1 aromatic carbocycles. The summed E-state index contributed by atoms with van der Waals surface area (Å²) in [5, 5.41) is 3.81. The molecule has 5 heteroatoms. The van der Waals surface area contributed by atoms with Crippen LogP contribution >= 0.6 is 27.5 Å². The zero-order valence-electron chi connectivity index (χ0n) is 9.09. The highest BCUT2D eigenvalue weighted by Gasteiger charge is 2.12. The fourth-order valence-electron chi connectivity index (χ4n) is 1.18. The number of methoxy groups -OCH3 is 1. The van der Waals surface area contributed by atoms with E-state index >= 15 is 0 Å². The van der Waals surface area contributed by atoms with Crippen LogP contribution in [-0.2, 0) is 9.53 Å². The Morgan fingerprint density at radius 1 is 1.62 bits per heavy atom. The fourth-order valence-corrected chi connectivity index (χ4v) is 2.00. The van der Waals surface area contributed by atoms with Gasteiger partial charge in [0.2, 0.25) is 0 Å². The lowest BCUT2D eigenvalue weighted by Gasteiger charge is -2.12. The summed E-state index contributed by atoms with van der Waals surface area (Å²) >= 11 is 9.21. The van der Waals surface area contributed by atoms with Crippen molar-refractivity contribution in [3.63, 3.8) is 0 Å². The van der Waals surface area contributed by atoms with Crippen LogP contribution in [0.3, 0.4) is 0 Å². The van der Waals surface area contributed by atoms with E-state index in [1.54, 1.807) is 12.1 Å². The third kappa shape index (κ3) is 3.68. The third-order valence-corrected chi connectivity index (χ3v) is 3.02. The Bertz CT molecular complexity index is 384. The molecule has 1 aromatic rings. The molecule has 0 spiro atoms. The van der Waals surface area contributed by atoms with Crippen LogP contribution in [0.2, 0.25) is 5.02 Å². The van der Waals surface area contributed by atoms with Crippen LogP contribution in [0.5, 0.6) is 0 Å². The molecular weight excluding hydrogens is 293 g/mol. The zero-order chi connectivity index (χ0) is 12.1. The maximum absolute atomic E-state index is 11.2. The molecule has 0 saturated carbocycles. The van der Waals surface area contributed by atoms with E-state index in [0.29, 0.717) is 11.6 Å². The van der Waals surface area contributed by atoms with Crippen LogP contribution in [0, 0.1) is 5.92 Å². The first-order chi connectivity index (χ1) is 7.54. The predicted molar refractivity (Wildman–Crippen MR) is 68.8 cm³/mol. The van der Waals surface area contributed by atoms with E-state index in [9.17, 15) is 4.79 Å². The van der Waals surface area contributed by atoms with E-state index < -0.39 is 0 Å². The van der Waals surface area contributed by atoms with Gasteiger partial charge >= 0.3 is 5.97 Å². The summed E-state index contributed by atoms with van der Waals surface area (Å²) in [5.74, 6) is -0.412. The molecule has 1 atom stereocenters. The molecule has 0 aromatic heterocycles. The first-order valence-electron chi connectivity index (χ1n) is 4.81. The van der Waals surface area contributed by atoms with Gasteiger partial charge in [-0.05, 0) is 34.1 Å². The van der Waals surface area contributed by atoms with Gasteiger partial charge in [-0.1, -0.05) is 18.5 Å². The average Bonchev–Trinajstić information content (AvgIpc) is 2.26. The second-order valence-electron chi connectivity index (χ2n) is 3.43. The van der Waals surface area contributed by atoms with Gasteiger partial charge in [-0.2, -0.15) is 0 Å². The van der Waals surface area contributed by atoms with Gasteiger partial charge in [-0.25, -0.2) is 0 Å². The third-order valence-electron chi connectivity index (χ3n) is 2.13. The predicted octanol–water partition coefficient (Wildman–Crippen LogP) is 3.32. The Hall–Kier alpha value is -0.740. The Morgan fingerprint density at radius 3 is 2.88 bits per heavy atom. The van der Waals surface area contributed by atoms with E-state index in [-0.39, 0.29) is 11.9 Å². The van der Waals surface area contributed by atoms with Crippen LogP contribution in [0.1, 0.15) is 6.92 Å². The lowest BCUT2D eigenvalue weighted by molar-refractivity contribution is -0.144. The summed E-state index contributed by atoms with van der Waals surface area (Å²) < 4.78 is 5.51. The zero-order valence-corrected chi connectivity index (χ0v) is 11.4. The van der Waals surface area contributed by atoms with E-state index in [1.165, 1.54) is 7.11 Å². The molecule has 16 heavy (non-hydrogen) atoms. The van der Waals surface area contributed by atoms with Gasteiger partial charge in [-0.15, -0.1) is 0 Å². The summed E-state index contributed by atoms with van der Waals surface area (Å²) in [6.45, 7) is 2.33. The summed E-state index contributed by atoms with van der Waals surface area (Å²) in [5.41, 5.74) is 0.903. The molecule has 0 saturated heterocycles. The summed E-state index contributed by atoms with van der Waals surface area (Å²) in [7, 11) is 1.39. The number of carbonyl (C=O) groups is 1. The van der Waals surface area contributed by atoms with Crippen molar-refractivity contribution in [2.24, 2.45) is 5.92 Å². The SMILES string of the molecule is COC(=O)C(C)CNc1ccc(Cl)cc1Br. The number of ether oxygens (including phenoxy) is 1. The van der Waals surface area contributed by atoms with Crippen molar-refractivity contribution in [2.75, 3.05) is 19.0 Å². The molecule has 1 unspecified atom stereocenters. The second-order valence-corrected chi connectivity index (χ2v) is 4.72. The maximum atomic E-state index is 11.2. The van der Waals surface area contributed by atoms with E-state index in [1.807, 2.05) is 13.0 Å². The summed E-state index contributed by atoms with van der Waals surface area (Å²) in [6.07, 6.45) is 0. The second kappa shape index (κ2) is 6.11. The van der Waals surface area contributed by atoms with Crippen LogP contribution in [0.25, 0.3) is 0 Å². The maximum Gasteiger partial charge on any atom is 0.310 e. The monoisotopic (exact) mass is 305 g/mol. The Balaban J connectivity index is 2.58. The van der Waals surface area contributed by atoms with Crippen molar-refractivity contribution in [1.82, 2.24) is 0 Å². The van der Waals surface area contributed by atoms with Crippen molar-refractivity contribution >= 4 is 39.2 Å². The Morgan fingerprint density at radius 2 is 2.31 bits per heavy atom. The highest BCUT2D eigenvalue weighted by Crippen LogP contribution is 2.25. The molecule has 88 valence electrons. The van der Waals surface area contributed by atoms with Crippen molar-refractivity contribution in [3.8, 4) is 0 Å². The van der Waals surface area contributed by atoms with Gasteiger partial charge in [0.15, 0.2) is 0 Å². The van der Waals surface area contributed by atoms with E-state index in [4.69, 9.17) is 11.6 Å². The van der Waals surface area contributed by atoms with Gasteiger partial charge < -0.3 is 10.1 Å². The smallest absolute Gasteiger partial charge is 0.310 e. The number of anilines is 1. The normalized spacial score (nSPS) is 12.0. The number of halogens is 2. The number of benzene rings is 1. The minimum Gasteiger partial charge on any atom is -0.469 e. The van der Waals surface area contributed by atoms with Crippen LogP contribution in [-0.4, -0.2) is 19.6 Å². The molecule has 0 aliphatic rings. The molecule has 0 heterocycles. The number of carbonyl (C=O) groups excluding carboxylic acids is 1. The molecule has 0 aliphatic heterocycles. The topological polar surface area (TPSA) is 38.3 Å². The van der Waals surface area contributed by atoms with E-state index in [2.05, 4.69) is 26.0 Å². The molecule has 0 fully saturated rings. The minimum absolute atomic E-state index is 0.187. The molecule has 0 aliphatic carbocycles. The number of esters is 1. The molecule has 0 bridgehead atoms. The minimum atomic E-state index is -0.224. The molecule has 3 nitrogen and oxygen atoms in total. The fraction of sp³-hybridized carbons (Fsp3) is 0.364. The molecule has 1 rings (SSSR count). The molecule has 0 amide bonds. The quantitative estimate of drug-likeness (QED) is 0.867. The van der Waals surface area contributed by atoms with Gasteiger partial charge in [-0.3, -0.25) is 4.79 Å². The standard InChI is InChI=1S/C11H13BrClNO2/c1-7(11(15)16-2)6-14-10-4-3-8(13)5-9(10)12/h3-5,7,14H,6H2,1-2H3. The van der Waals surface area contributed by atoms with Gasteiger partial charge in [0, 0.05) is 21.7 Å². The summed E-state index contributed by atoms with van der Waals surface area (Å²) in [6, 6.07) is 5.45. The molecule has 0 radical (unpaired) electrons. The van der Waals surface area contributed by atoms with E-state index in [0.717, 1.165) is 10.2 Å². The Kier molecular flexibility index (Phi) is 5.09. The van der Waals surface area contributed by atoms with Gasteiger partial charge in [0.1, 0.15) is 0 Å². The summed E-state index contributed by atoms with van der Waals surface area (Å²) in [4.78, 5) is 11.2. The van der Waals surface area contributed by atoms with Crippen LogP contribution in [0.4, 0.5) is 5.69 Å². The van der Waals surface area contributed by atoms with Crippen molar-refractivity contribution in [2.45, 2.75) is 6.92 Å². The molecule has 1 N–H and O–H groups in total. The number of rotatable bonds is 4. The average molecular weight is 307 g/mol. The van der Waals surface area contributed by atoms with Crippen LogP contribution in [0.15, 0.2) is 22.7 Å². The van der Waals surface area contributed by atoms with Crippen molar-refractivity contribution < 1.29 is 9.53 Å². The largest absolute Gasteiger partial charge is 0.469 e. The van der Waals surface area contributed by atoms with Gasteiger partial charge in [0.25, 0.3) is 0 Å². The van der Waals surface area contributed by atoms with Crippen molar-refractivity contribution in [1.29, 1.82) is 0 Å². The number of hydrogen-bond acceptors (Lipinski definition) is 3. The number of nitrogens with one attached hydrogen (secondary N) is 1. The Labute approximate surface area is 108 Å². The lowest BCUT2D eigenvalue weighted by Crippen LogP contribution is -2.21. The lowest BCUT2D eigenvalue weighted by atomic mass is 10.2. The van der Waals surface area contributed by atoms with Crippen molar-refractivity contribution in [3.05, 3.63) is 27.7 Å².